The van der Waals surface area contributed by atoms with Gasteiger partial charge in [0.05, 0.1) is 0 Å². The third kappa shape index (κ3) is 5.22. The average Bonchev–Trinajstić information content (AvgIpc) is 2.80. The first-order valence-corrected chi connectivity index (χ1v) is 11.2. The van der Waals surface area contributed by atoms with Gasteiger partial charge < -0.3 is 9.80 Å². The number of carbonyl (C=O) groups is 1. The Kier molecular flexibility index (Phi) is 6.64. The molecule has 0 unspecified atom stereocenters. The quantitative estimate of drug-likeness (QED) is 0.569. The Morgan fingerprint density at radius 2 is 1.69 bits per heavy atom. The molecule has 0 spiro atoms. The molecule has 0 atom stereocenters. The monoisotopic (exact) mass is 426 g/mol. The van der Waals surface area contributed by atoms with Crippen molar-refractivity contribution in [3.8, 4) is 0 Å². The van der Waals surface area contributed by atoms with E-state index in [9.17, 15) is 4.79 Å². The molecule has 0 radical (unpaired) electrons. The van der Waals surface area contributed by atoms with E-state index in [-0.39, 0.29) is 5.91 Å². The summed E-state index contributed by atoms with van der Waals surface area (Å²) < 4.78 is 0. The van der Waals surface area contributed by atoms with Crippen molar-refractivity contribution in [1.82, 2.24) is 14.9 Å². The molecule has 0 N–H and O–H groups in total. The highest BCUT2D eigenvalue weighted by atomic mass is 16.2. The molecule has 1 amide bonds. The van der Waals surface area contributed by atoms with E-state index < -0.39 is 0 Å². The highest BCUT2D eigenvalue weighted by molar-refractivity contribution is 5.92. The number of amides is 1. The van der Waals surface area contributed by atoms with Crippen LogP contribution in [0.2, 0.25) is 0 Å². The molecule has 164 valence electrons. The minimum atomic E-state index is 0.0588. The van der Waals surface area contributed by atoms with E-state index in [2.05, 4.69) is 48.0 Å². The molecule has 0 saturated carbocycles. The van der Waals surface area contributed by atoms with Gasteiger partial charge in [-0.15, -0.1) is 0 Å². The molecule has 3 aromatic rings. The summed E-state index contributed by atoms with van der Waals surface area (Å²) in [4.78, 5) is 26.3. The molecule has 5 heteroatoms. The van der Waals surface area contributed by atoms with Crippen LogP contribution in [0.4, 0.5) is 5.82 Å². The van der Waals surface area contributed by atoms with Gasteiger partial charge in [0.2, 0.25) is 5.91 Å². The van der Waals surface area contributed by atoms with Crippen molar-refractivity contribution in [1.29, 1.82) is 0 Å². The molecule has 2 aromatic carbocycles. The highest BCUT2D eigenvalue weighted by Crippen LogP contribution is 2.25. The third-order valence-electron chi connectivity index (χ3n) is 5.88. The smallest absolute Gasteiger partial charge is 0.246 e. The van der Waals surface area contributed by atoms with E-state index in [1.807, 2.05) is 48.2 Å². The van der Waals surface area contributed by atoms with E-state index in [4.69, 9.17) is 4.98 Å². The van der Waals surface area contributed by atoms with Gasteiger partial charge in [-0.05, 0) is 38.0 Å². The molecule has 0 aliphatic carbocycles. The van der Waals surface area contributed by atoms with Gasteiger partial charge in [-0.3, -0.25) is 4.79 Å². The van der Waals surface area contributed by atoms with Gasteiger partial charge in [-0.25, -0.2) is 9.97 Å². The largest absolute Gasteiger partial charge is 0.353 e. The van der Waals surface area contributed by atoms with E-state index in [0.29, 0.717) is 13.1 Å². The van der Waals surface area contributed by atoms with Crippen LogP contribution in [0.5, 0.6) is 0 Å². The van der Waals surface area contributed by atoms with Crippen LogP contribution < -0.4 is 4.90 Å². The van der Waals surface area contributed by atoms with Crippen LogP contribution in [0, 0.1) is 20.8 Å². The number of carbonyl (C=O) groups excluding carboxylic acids is 1. The summed E-state index contributed by atoms with van der Waals surface area (Å²) in [5, 5.41) is 0. The standard InChI is InChI=1S/C27H30N4O/c1-20-8-7-11-24(18-20)19-25-21(2)28-22(3)29-27(25)31-16-14-30(15-17-31)26(32)13-12-23-9-5-4-6-10-23/h4-13,18H,14-17,19H2,1-3H3/b13-12+. The molecule has 1 aliphatic heterocycles. The second kappa shape index (κ2) is 9.77. The summed E-state index contributed by atoms with van der Waals surface area (Å²) in [7, 11) is 0. The summed E-state index contributed by atoms with van der Waals surface area (Å²) in [5.74, 6) is 1.85. The van der Waals surface area contributed by atoms with Crippen LogP contribution in [0.3, 0.4) is 0 Å². The lowest BCUT2D eigenvalue weighted by Gasteiger charge is -2.36. The lowest BCUT2D eigenvalue weighted by atomic mass is 10.0. The van der Waals surface area contributed by atoms with Crippen LogP contribution in [-0.2, 0) is 11.2 Å². The third-order valence-corrected chi connectivity index (χ3v) is 5.88. The molecule has 1 aliphatic rings. The van der Waals surface area contributed by atoms with Crippen molar-refractivity contribution in [3.05, 3.63) is 94.4 Å². The fourth-order valence-corrected chi connectivity index (χ4v) is 4.19. The molecule has 1 saturated heterocycles. The number of anilines is 1. The predicted molar refractivity (Wildman–Crippen MR) is 130 cm³/mol. The van der Waals surface area contributed by atoms with E-state index in [0.717, 1.165) is 42.4 Å². The minimum absolute atomic E-state index is 0.0588. The Balaban J connectivity index is 1.47. The molecular weight excluding hydrogens is 396 g/mol. The molecule has 5 nitrogen and oxygen atoms in total. The first kappa shape index (κ1) is 21.8. The van der Waals surface area contributed by atoms with Crippen LogP contribution in [0.15, 0.2) is 60.7 Å². The maximum atomic E-state index is 12.7. The number of piperazine rings is 1. The number of nitrogens with zero attached hydrogens (tertiary/aromatic N) is 4. The Labute approximate surface area is 190 Å². The normalized spacial score (nSPS) is 14.2. The fraction of sp³-hybridized carbons (Fsp3) is 0.296. The predicted octanol–water partition coefficient (Wildman–Crippen LogP) is 4.35. The van der Waals surface area contributed by atoms with Crippen molar-refractivity contribution in [2.24, 2.45) is 0 Å². The number of hydrogen-bond donors (Lipinski definition) is 0. The second-order valence-corrected chi connectivity index (χ2v) is 8.38. The molecule has 32 heavy (non-hydrogen) atoms. The van der Waals surface area contributed by atoms with Gasteiger partial charge in [0, 0.05) is 49.9 Å². The maximum Gasteiger partial charge on any atom is 0.246 e. The van der Waals surface area contributed by atoms with Crippen molar-refractivity contribution in [2.45, 2.75) is 27.2 Å². The molecular formula is C27H30N4O. The topological polar surface area (TPSA) is 49.3 Å². The molecule has 1 aromatic heterocycles. The van der Waals surface area contributed by atoms with Gasteiger partial charge in [0.1, 0.15) is 11.6 Å². The number of rotatable bonds is 5. The Morgan fingerprint density at radius 1 is 0.938 bits per heavy atom. The number of hydrogen-bond acceptors (Lipinski definition) is 4. The van der Waals surface area contributed by atoms with Gasteiger partial charge in [-0.2, -0.15) is 0 Å². The van der Waals surface area contributed by atoms with E-state index in [1.165, 1.54) is 16.7 Å². The summed E-state index contributed by atoms with van der Waals surface area (Å²) in [5.41, 5.74) is 5.75. The molecule has 4 rings (SSSR count). The van der Waals surface area contributed by atoms with Gasteiger partial charge in [-0.1, -0.05) is 60.2 Å². The summed E-state index contributed by atoms with van der Waals surface area (Å²) in [6.07, 6.45) is 4.36. The SMILES string of the molecule is Cc1cccc(Cc2c(C)nc(C)nc2N2CCN(C(=O)/C=C/c3ccccc3)CC2)c1. The lowest BCUT2D eigenvalue weighted by Crippen LogP contribution is -2.49. The van der Waals surface area contributed by atoms with Gasteiger partial charge in [0.25, 0.3) is 0 Å². The first-order valence-electron chi connectivity index (χ1n) is 11.2. The van der Waals surface area contributed by atoms with Crippen LogP contribution in [0.1, 0.15) is 33.8 Å². The zero-order valence-electron chi connectivity index (χ0n) is 19.1. The van der Waals surface area contributed by atoms with Crippen molar-refractivity contribution in [3.63, 3.8) is 0 Å². The minimum Gasteiger partial charge on any atom is -0.353 e. The summed E-state index contributed by atoms with van der Waals surface area (Å²) in [6.45, 7) is 9.03. The van der Waals surface area contributed by atoms with Crippen LogP contribution >= 0.6 is 0 Å². The number of aromatic nitrogens is 2. The van der Waals surface area contributed by atoms with Gasteiger partial charge >= 0.3 is 0 Å². The summed E-state index contributed by atoms with van der Waals surface area (Å²) >= 11 is 0. The summed E-state index contributed by atoms with van der Waals surface area (Å²) in [6, 6.07) is 18.5. The molecule has 1 fully saturated rings. The van der Waals surface area contributed by atoms with Crippen LogP contribution in [0.25, 0.3) is 6.08 Å². The van der Waals surface area contributed by atoms with E-state index in [1.54, 1.807) is 6.08 Å². The highest BCUT2D eigenvalue weighted by Gasteiger charge is 2.24. The zero-order valence-corrected chi connectivity index (χ0v) is 19.1. The van der Waals surface area contributed by atoms with Crippen molar-refractivity contribution in [2.75, 3.05) is 31.1 Å². The van der Waals surface area contributed by atoms with Crippen LogP contribution in [-0.4, -0.2) is 47.0 Å². The Hall–Kier alpha value is -3.47. The number of benzene rings is 2. The number of aryl methyl sites for hydroxylation is 3. The first-order chi connectivity index (χ1) is 15.5. The van der Waals surface area contributed by atoms with Gasteiger partial charge in [0.15, 0.2) is 0 Å². The lowest BCUT2D eigenvalue weighted by molar-refractivity contribution is -0.126. The van der Waals surface area contributed by atoms with Crippen molar-refractivity contribution >= 4 is 17.8 Å². The zero-order chi connectivity index (χ0) is 22.5. The van der Waals surface area contributed by atoms with Crippen molar-refractivity contribution < 1.29 is 4.79 Å². The molecule has 0 bridgehead atoms. The average molecular weight is 427 g/mol. The van der Waals surface area contributed by atoms with E-state index >= 15 is 0 Å². The second-order valence-electron chi connectivity index (χ2n) is 8.38. The maximum absolute atomic E-state index is 12.7. The fourth-order valence-electron chi connectivity index (χ4n) is 4.19. The Morgan fingerprint density at radius 3 is 2.41 bits per heavy atom. The molecule has 2 heterocycles. The Bertz CT molecular complexity index is 1120.